The maximum absolute atomic E-state index is 12.3. The number of benzene rings is 1. The lowest BCUT2D eigenvalue weighted by Gasteiger charge is -2.47. The molecule has 2 aliphatic heterocycles. The molecule has 0 unspecified atom stereocenters. The molecule has 0 aromatic heterocycles. The van der Waals surface area contributed by atoms with Crippen molar-refractivity contribution in [1.29, 1.82) is 0 Å². The van der Waals surface area contributed by atoms with Crippen LogP contribution in [-0.2, 0) is 11.2 Å². The lowest BCUT2D eigenvalue weighted by Crippen LogP contribution is -2.49. The van der Waals surface area contributed by atoms with Crippen molar-refractivity contribution in [3.8, 4) is 11.5 Å². The maximum Gasteiger partial charge on any atom is 0.161 e. The van der Waals surface area contributed by atoms with Crippen LogP contribution in [0.15, 0.2) is 12.1 Å². The molecule has 0 saturated carbocycles. The molecule has 1 saturated heterocycles. The summed E-state index contributed by atoms with van der Waals surface area (Å²) < 4.78 is 29.8. The molecule has 3 rings (SSSR count). The minimum Gasteiger partial charge on any atom is -0.493 e. The lowest BCUT2D eigenvalue weighted by molar-refractivity contribution is -0.0590. The average molecular weight is 426 g/mol. The Labute approximate surface area is 179 Å². The standard InChI is InChI=1S/C23H36FNO3S/c1-16(2)11-18-15-25-7-5-17-12-22(26-3)23(27-4)13-19(17)20(25)14-21(18)28-8-10-29-9-6-24/h12-13,16,18,20-21H,5-11,14-15H2,1-4H3/t18-,20-,21-/m0/s1. The first-order valence-electron chi connectivity index (χ1n) is 10.8. The summed E-state index contributed by atoms with van der Waals surface area (Å²) in [7, 11) is 3.40. The number of hydrogen-bond acceptors (Lipinski definition) is 5. The Hall–Kier alpha value is -0.980. The molecule has 6 heteroatoms. The van der Waals surface area contributed by atoms with Crippen molar-refractivity contribution >= 4 is 11.8 Å². The zero-order valence-electron chi connectivity index (χ0n) is 18.3. The number of alkyl halides is 1. The second-order valence-electron chi connectivity index (χ2n) is 8.50. The molecule has 2 aliphatic rings. The summed E-state index contributed by atoms with van der Waals surface area (Å²) in [6.45, 7) is 7.20. The number of halogens is 1. The Bertz CT molecular complexity index is 657. The molecule has 0 N–H and O–H groups in total. The van der Waals surface area contributed by atoms with Crippen molar-refractivity contribution in [2.45, 2.75) is 45.3 Å². The summed E-state index contributed by atoms with van der Waals surface area (Å²) >= 11 is 1.64. The van der Waals surface area contributed by atoms with E-state index >= 15 is 0 Å². The van der Waals surface area contributed by atoms with E-state index in [9.17, 15) is 4.39 Å². The predicted molar refractivity (Wildman–Crippen MR) is 118 cm³/mol. The number of ether oxygens (including phenoxy) is 3. The van der Waals surface area contributed by atoms with E-state index in [2.05, 4.69) is 30.9 Å². The second kappa shape index (κ2) is 10.9. The minimum absolute atomic E-state index is 0.253. The van der Waals surface area contributed by atoms with Crippen LogP contribution >= 0.6 is 11.8 Å². The largest absolute Gasteiger partial charge is 0.493 e. The molecule has 1 aromatic rings. The summed E-state index contributed by atoms with van der Waals surface area (Å²) in [5.41, 5.74) is 2.72. The topological polar surface area (TPSA) is 30.9 Å². The second-order valence-corrected chi connectivity index (χ2v) is 9.73. The predicted octanol–water partition coefficient (Wildman–Crippen LogP) is 4.76. The Balaban J connectivity index is 1.76. The van der Waals surface area contributed by atoms with Gasteiger partial charge in [-0.2, -0.15) is 11.8 Å². The van der Waals surface area contributed by atoms with Crippen LogP contribution < -0.4 is 9.47 Å². The van der Waals surface area contributed by atoms with E-state index in [4.69, 9.17) is 14.2 Å². The highest BCUT2D eigenvalue weighted by molar-refractivity contribution is 7.99. The molecule has 1 fully saturated rings. The van der Waals surface area contributed by atoms with Crippen LogP contribution in [0, 0.1) is 11.8 Å². The maximum atomic E-state index is 12.3. The fourth-order valence-corrected chi connectivity index (χ4v) is 5.38. The van der Waals surface area contributed by atoms with Crippen LogP contribution in [0.1, 0.15) is 43.9 Å². The fraction of sp³-hybridized carbons (Fsp3) is 0.739. The van der Waals surface area contributed by atoms with Gasteiger partial charge in [-0.15, -0.1) is 0 Å². The third-order valence-electron chi connectivity index (χ3n) is 6.12. The molecule has 0 bridgehead atoms. The molecule has 3 atom stereocenters. The summed E-state index contributed by atoms with van der Waals surface area (Å²) in [6.07, 6.45) is 3.49. The third-order valence-corrected chi connectivity index (χ3v) is 7.02. The SMILES string of the molecule is COc1cc2c(cc1OC)[C@@H]1C[C@H](OCCSCCF)[C@@H](CC(C)C)CN1CC2. The van der Waals surface area contributed by atoms with Gasteiger partial charge in [0.25, 0.3) is 0 Å². The van der Waals surface area contributed by atoms with Gasteiger partial charge in [-0.05, 0) is 54.4 Å². The van der Waals surface area contributed by atoms with E-state index in [1.807, 2.05) is 0 Å². The van der Waals surface area contributed by atoms with E-state index in [-0.39, 0.29) is 12.8 Å². The molecule has 0 amide bonds. The van der Waals surface area contributed by atoms with Gasteiger partial charge in [0.1, 0.15) is 0 Å². The van der Waals surface area contributed by atoms with Crippen LogP contribution in [0.2, 0.25) is 0 Å². The van der Waals surface area contributed by atoms with Crippen molar-refractivity contribution in [2.24, 2.45) is 11.8 Å². The molecule has 0 radical (unpaired) electrons. The molecular weight excluding hydrogens is 389 g/mol. The van der Waals surface area contributed by atoms with E-state index in [1.54, 1.807) is 26.0 Å². The van der Waals surface area contributed by atoms with Crippen LogP contribution in [0.3, 0.4) is 0 Å². The van der Waals surface area contributed by atoms with Gasteiger partial charge in [0.2, 0.25) is 0 Å². The number of nitrogens with zero attached hydrogens (tertiary/aromatic N) is 1. The summed E-state index contributed by atoms with van der Waals surface area (Å²) in [4.78, 5) is 2.64. The van der Waals surface area contributed by atoms with Gasteiger partial charge in [-0.3, -0.25) is 9.29 Å². The zero-order valence-corrected chi connectivity index (χ0v) is 19.1. The fourth-order valence-electron chi connectivity index (χ4n) is 4.86. The lowest BCUT2D eigenvalue weighted by atomic mass is 9.79. The number of rotatable bonds is 10. The molecule has 1 aromatic carbocycles. The third kappa shape index (κ3) is 5.59. The highest BCUT2D eigenvalue weighted by Gasteiger charge is 2.40. The molecule has 2 heterocycles. The van der Waals surface area contributed by atoms with Gasteiger partial charge in [-0.25, -0.2) is 0 Å². The smallest absolute Gasteiger partial charge is 0.161 e. The Morgan fingerprint density at radius 3 is 2.62 bits per heavy atom. The molecule has 164 valence electrons. The van der Waals surface area contributed by atoms with E-state index in [1.165, 1.54) is 17.5 Å². The first kappa shape index (κ1) is 22.7. The Kier molecular flexibility index (Phi) is 8.51. The summed E-state index contributed by atoms with van der Waals surface area (Å²) in [6, 6.07) is 4.68. The van der Waals surface area contributed by atoms with Crippen LogP contribution in [0.4, 0.5) is 4.39 Å². The molecule has 29 heavy (non-hydrogen) atoms. The number of piperidine rings is 1. The minimum atomic E-state index is -0.261. The number of hydrogen-bond donors (Lipinski definition) is 0. The molecule has 4 nitrogen and oxygen atoms in total. The zero-order chi connectivity index (χ0) is 20.8. The van der Waals surface area contributed by atoms with Crippen molar-refractivity contribution in [3.63, 3.8) is 0 Å². The van der Waals surface area contributed by atoms with Gasteiger partial charge in [0.05, 0.1) is 33.6 Å². The first-order chi connectivity index (χ1) is 14.1. The van der Waals surface area contributed by atoms with Gasteiger partial charge in [-0.1, -0.05) is 13.8 Å². The number of fused-ring (bicyclic) bond motifs is 3. The molecular formula is C23H36FNO3S. The van der Waals surface area contributed by atoms with Crippen molar-refractivity contribution in [2.75, 3.05) is 52.1 Å². The van der Waals surface area contributed by atoms with E-state index < -0.39 is 0 Å². The van der Waals surface area contributed by atoms with Gasteiger partial charge in [0.15, 0.2) is 11.5 Å². The van der Waals surface area contributed by atoms with Gasteiger partial charge < -0.3 is 14.2 Å². The van der Waals surface area contributed by atoms with Gasteiger partial charge >= 0.3 is 0 Å². The molecule has 0 aliphatic carbocycles. The van der Waals surface area contributed by atoms with Crippen molar-refractivity contribution in [3.05, 3.63) is 23.3 Å². The first-order valence-corrected chi connectivity index (χ1v) is 12.0. The van der Waals surface area contributed by atoms with Crippen molar-refractivity contribution < 1.29 is 18.6 Å². The van der Waals surface area contributed by atoms with E-state index in [0.717, 1.165) is 43.2 Å². The summed E-state index contributed by atoms with van der Waals surface area (Å²) in [5.74, 6) is 4.26. The van der Waals surface area contributed by atoms with E-state index in [0.29, 0.717) is 30.2 Å². The summed E-state index contributed by atoms with van der Waals surface area (Å²) in [5, 5.41) is 0. The Morgan fingerprint density at radius 1 is 1.17 bits per heavy atom. The van der Waals surface area contributed by atoms with Gasteiger partial charge in [0, 0.05) is 30.6 Å². The van der Waals surface area contributed by atoms with Crippen LogP contribution in [0.5, 0.6) is 11.5 Å². The van der Waals surface area contributed by atoms with Crippen molar-refractivity contribution in [1.82, 2.24) is 4.90 Å². The quantitative estimate of drug-likeness (QED) is 0.505. The van der Waals surface area contributed by atoms with Crippen LogP contribution in [0.25, 0.3) is 0 Å². The van der Waals surface area contributed by atoms with Crippen LogP contribution in [-0.4, -0.2) is 63.1 Å². The highest BCUT2D eigenvalue weighted by Crippen LogP contribution is 2.44. The number of thioether (sulfide) groups is 1. The number of methoxy groups -OCH3 is 2. The normalized spacial score (nSPS) is 24.3. The Morgan fingerprint density at radius 2 is 1.93 bits per heavy atom. The monoisotopic (exact) mass is 425 g/mol. The highest BCUT2D eigenvalue weighted by atomic mass is 32.2. The molecule has 0 spiro atoms. The average Bonchev–Trinajstić information content (AvgIpc) is 2.72.